The highest BCUT2D eigenvalue weighted by atomic mass is 19.1. The zero-order valence-corrected chi connectivity index (χ0v) is 14.2. The quantitative estimate of drug-likeness (QED) is 0.882. The number of rotatable bonds is 4. The number of carbonyl (C=O) groups excluding carboxylic acids is 1. The van der Waals surface area contributed by atoms with Crippen LogP contribution < -0.4 is 10.2 Å². The van der Waals surface area contributed by atoms with Crippen molar-refractivity contribution in [2.24, 2.45) is 0 Å². The normalized spacial score (nSPS) is 14.2. The van der Waals surface area contributed by atoms with Gasteiger partial charge in [-0.2, -0.15) is 0 Å². The molecule has 26 heavy (non-hydrogen) atoms. The van der Waals surface area contributed by atoms with Crippen LogP contribution in [0.4, 0.5) is 14.9 Å². The van der Waals surface area contributed by atoms with Crippen molar-refractivity contribution in [1.29, 1.82) is 0 Å². The summed E-state index contributed by atoms with van der Waals surface area (Å²) in [7, 11) is 0. The molecule has 0 aromatic heterocycles. The molecule has 2 N–H and O–H groups in total. The Hall–Kier alpha value is -3.09. The molecule has 2 amide bonds. The Balaban J connectivity index is 1.54. The molecular weight excluding hydrogens is 337 g/mol. The average Bonchev–Trinajstić information content (AvgIpc) is 2.67. The lowest BCUT2D eigenvalue weighted by Crippen LogP contribution is -2.48. The molecule has 6 nitrogen and oxygen atoms in total. The third-order valence-electron chi connectivity index (χ3n) is 4.41. The number of carbonyl (C=O) groups is 2. The van der Waals surface area contributed by atoms with Crippen molar-refractivity contribution in [1.82, 2.24) is 10.2 Å². The molecule has 1 fully saturated rings. The first kappa shape index (κ1) is 17.7. The van der Waals surface area contributed by atoms with Gasteiger partial charge in [-0.15, -0.1) is 0 Å². The monoisotopic (exact) mass is 357 g/mol. The summed E-state index contributed by atoms with van der Waals surface area (Å²) in [5.74, 6) is -0.503. The Morgan fingerprint density at radius 1 is 0.962 bits per heavy atom. The fourth-order valence-corrected chi connectivity index (χ4v) is 2.87. The molecule has 3 rings (SSSR count). The van der Waals surface area contributed by atoms with Gasteiger partial charge in [0.05, 0.1) is 0 Å². The Labute approximate surface area is 150 Å². The van der Waals surface area contributed by atoms with Gasteiger partial charge in [0.1, 0.15) is 5.82 Å². The Kier molecular flexibility index (Phi) is 5.36. The number of carboxylic acid groups (broad SMARTS) is 1. The van der Waals surface area contributed by atoms with Crippen LogP contribution in [0.3, 0.4) is 0 Å². The summed E-state index contributed by atoms with van der Waals surface area (Å²) >= 11 is 0. The molecule has 0 spiro atoms. The van der Waals surface area contributed by atoms with Crippen LogP contribution in [0, 0.1) is 5.82 Å². The fraction of sp³-hybridized carbons (Fsp3) is 0.263. The maximum Gasteiger partial charge on any atom is 0.407 e. The van der Waals surface area contributed by atoms with Gasteiger partial charge in [-0.25, -0.2) is 9.18 Å². The average molecular weight is 357 g/mol. The Bertz CT molecular complexity index is 770. The number of amides is 2. The highest BCUT2D eigenvalue weighted by molar-refractivity contribution is 5.94. The van der Waals surface area contributed by atoms with E-state index in [1.54, 1.807) is 24.3 Å². The molecule has 2 aromatic carbocycles. The van der Waals surface area contributed by atoms with Gasteiger partial charge < -0.3 is 20.2 Å². The van der Waals surface area contributed by atoms with Crippen LogP contribution in [0.2, 0.25) is 0 Å². The van der Waals surface area contributed by atoms with E-state index in [2.05, 4.69) is 10.2 Å². The summed E-state index contributed by atoms with van der Waals surface area (Å²) in [4.78, 5) is 26.7. The fourth-order valence-electron chi connectivity index (χ4n) is 2.87. The van der Waals surface area contributed by atoms with Gasteiger partial charge >= 0.3 is 6.09 Å². The molecule has 2 aromatic rings. The van der Waals surface area contributed by atoms with Crippen molar-refractivity contribution in [3.63, 3.8) is 0 Å². The highest BCUT2D eigenvalue weighted by Gasteiger charge is 2.20. The molecule has 136 valence electrons. The summed E-state index contributed by atoms with van der Waals surface area (Å²) in [5.41, 5.74) is 2.33. The second-order valence-electron chi connectivity index (χ2n) is 6.11. The van der Waals surface area contributed by atoms with E-state index in [4.69, 9.17) is 5.11 Å². The SMILES string of the molecule is O=C(NCc1ccc(F)cc1)c1ccc(N2CCN(C(=O)O)CC2)cc1. The van der Waals surface area contributed by atoms with Crippen LogP contribution in [0.15, 0.2) is 48.5 Å². The zero-order valence-electron chi connectivity index (χ0n) is 14.2. The third-order valence-corrected chi connectivity index (χ3v) is 4.41. The lowest BCUT2D eigenvalue weighted by Gasteiger charge is -2.34. The number of nitrogens with zero attached hydrogens (tertiary/aromatic N) is 2. The summed E-state index contributed by atoms with van der Waals surface area (Å²) in [6.45, 7) is 2.52. The number of nitrogens with one attached hydrogen (secondary N) is 1. The smallest absolute Gasteiger partial charge is 0.407 e. The number of hydrogen-bond donors (Lipinski definition) is 2. The first-order valence-corrected chi connectivity index (χ1v) is 8.38. The number of piperazine rings is 1. The molecule has 0 bridgehead atoms. The summed E-state index contributed by atoms with van der Waals surface area (Å²) < 4.78 is 12.9. The van der Waals surface area contributed by atoms with E-state index in [0.29, 0.717) is 38.3 Å². The summed E-state index contributed by atoms with van der Waals surface area (Å²) in [6.07, 6.45) is -0.891. The standard InChI is InChI=1S/C19H20FN3O3/c20-16-5-1-14(2-6-16)13-21-18(24)15-3-7-17(8-4-15)22-9-11-23(12-10-22)19(25)26/h1-8H,9-13H2,(H,21,24)(H,25,26). The van der Waals surface area contributed by atoms with Gasteiger partial charge in [0.25, 0.3) is 5.91 Å². The molecular formula is C19H20FN3O3. The van der Waals surface area contributed by atoms with Crippen LogP contribution in [0.25, 0.3) is 0 Å². The molecule has 0 aliphatic carbocycles. The van der Waals surface area contributed by atoms with Crippen LogP contribution in [0.1, 0.15) is 15.9 Å². The topological polar surface area (TPSA) is 72.9 Å². The van der Waals surface area contributed by atoms with Crippen LogP contribution >= 0.6 is 0 Å². The molecule has 1 heterocycles. The van der Waals surface area contributed by atoms with Crippen LogP contribution in [0.5, 0.6) is 0 Å². The molecule has 1 saturated heterocycles. The molecule has 0 radical (unpaired) electrons. The van der Waals surface area contributed by atoms with Crippen molar-refractivity contribution in [2.45, 2.75) is 6.54 Å². The van der Waals surface area contributed by atoms with Crippen molar-refractivity contribution < 1.29 is 19.1 Å². The number of anilines is 1. The maximum absolute atomic E-state index is 12.9. The largest absolute Gasteiger partial charge is 0.465 e. The first-order chi connectivity index (χ1) is 12.5. The Morgan fingerprint density at radius 3 is 2.15 bits per heavy atom. The molecule has 0 saturated carbocycles. The van der Waals surface area contributed by atoms with Crippen molar-refractivity contribution in [2.75, 3.05) is 31.1 Å². The summed E-state index contributed by atoms with van der Waals surface area (Å²) in [6, 6.07) is 13.2. The van der Waals surface area contributed by atoms with Crippen molar-refractivity contribution in [3.05, 3.63) is 65.5 Å². The molecule has 0 atom stereocenters. The van der Waals surface area contributed by atoms with E-state index in [1.165, 1.54) is 17.0 Å². The molecule has 0 unspecified atom stereocenters. The van der Waals surface area contributed by atoms with Gasteiger partial charge in [-0.1, -0.05) is 12.1 Å². The van der Waals surface area contributed by atoms with E-state index >= 15 is 0 Å². The molecule has 1 aliphatic heterocycles. The second kappa shape index (κ2) is 7.86. The lowest BCUT2D eigenvalue weighted by molar-refractivity contribution is 0.0950. The van der Waals surface area contributed by atoms with E-state index in [-0.39, 0.29) is 11.7 Å². The van der Waals surface area contributed by atoms with E-state index < -0.39 is 6.09 Å². The predicted octanol–water partition coefficient (Wildman–Crippen LogP) is 2.56. The maximum atomic E-state index is 12.9. The van der Waals surface area contributed by atoms with E-state index in [9.17, 15) is 14.0 Å². The van der Waals surface area contributed by atoms with Gasteiger partial charge in [0.2, 0.25) is 0 Å². The summed E-state index contributed by atoms with van der Waals surface area (Å²) in [5, 5.41) is 11.8. The van der Waals surface area contributed by atoms with Crippen LogP contribution in [-0.2, 0) is 6.54 Å². The van der Waals surface area contributed by atoms with Gasteiger partial charge in [-0.3, -0.25) is 4.79 Å². The minimum absolute atomic E-state index is 0.198. The number of hydrogen-bond acceptors (Lipinski definition) is 3. The van der Waals surface area contributed by atoms with Gasteiger partial charge in [0.15, 0.2) is 0 Å². The lowest BCUT2D eigenvalue weighted by atomic mass is 10.1. The van der Waals surface area contributed by atoms with Crippen molar-refractivity contribution >= 4 is 17.7 Å². The van der Waals surface area contributed by atoms with Gasteiger partial charge in [0, 0.05) is 44.0 Å². The minimum Gasteiger partial charge on any atom is -0.465 e. The van der Waals surface area contributed by atoms with E-state index in [1.807, 2.05) is 12.1 Å². The third kappa shape index (κ3) is 4.30. The molecule has 1 aliphatic rings. The second-order valence-corrected chi connectivity index (χ2v) is 6.11. The minimum atomic E-state index is -0.891. The Morgan fingerprint density at radius 2 is 1.58 bits per heavy atom. The number of benzene rings is 2. The zero-order chi connectivity index (χ0) is 18.5. The van der Waals surface area contributed by atoms with Crippen molar-refractivity contribution in [3.8, 4) is 0 Å². The molecule has 7 heteroatoms. The van der Waals surface area contributed by atoms with E-state index in [0.717, 1.165) is 11.3 Å². The number of halogens is 1. The first-order valence-electron chi connectivity index (χ1n) is 8.38. The predicted molar refractivity (Wildman–Crippen MR) is 95.8 cm³/mol. The van der Waals surface area contributed by atoms with Gasteiger partial charge in [-0.05, 0) is 42.0 Å². The highest BCUT2D eigenvalue weighted by Crippen LogP contribution is 2.17. The van der Waals surface area contributed by atoms with Crippen LogP contribution in [-0.4, -0.2) is 48.2 Å².